The van der Waals surface area contributed by atoms with Crippen LogP contribution in [-0.4, -0.2) is 0 Å². The third-order valence-corrected chi connectivity index (χ3v) is 3.76. The first-order valence-corrected chi connectivity index (χ1v) is 5.78. The molecule has 2 rings (SSSR count). The molecule has 1 fully saturated rings. The van der Waals surface area contributed by atoms with E-state index in [-0.39, 0.29) is 0 Å². The highest BCUT2D eigenvalue weighted by atomic mass is 14.2. The maximum atomic E-state index is 2.39. The topological polar surface area (TPSA) is 0 Å². The second-order valence-electron chi connectivity index (χ2n) is 4.66. The standard InChI is InChI=1S/C14H20/c1-10-9-14(12(3)11(10)2)13-7-5-4-6-8-13/h9H,4-8H2,1-3H3. The van der Waals surface area contributed by atoms with Gasteiger partial charge in [0.2, 0.25) is 0 Å². The van der Waals surface area contributed by atoms with E-state index >= 15 is 0 Å². The van der Waals surface area contributed by atoms with Gasteiger partial charge in [-0.15, -0.1) is 0 Å². The lowest BCUT2D eigenvalue weighted by molar-refractivity contribution is 0.596. The van der Waals surface area contributed by atoms with Crippen molar-refractivity contribution >= 4 is 0 Å². The van der Waals surface area contributed by atoms with Crippen molar-refractivity contribution in [3.8, 4) is 0 Å². The molecule has 0 N–H and O–H groups in total. The molecule has 0 aromatic heterocycles. The molecule has 0 unspecified atom stereocenters. The Morgan fingerprint density at radius 2 is 1.50 bits per heavy atom. The maximum absolute atomic E-state index is 2.39. The normalized spacial score (nSPS) is 23.2. The van der Waals surface area contributed by atoms with E-state index in [4.69, 9.17) is 0 Å². The van der Waals surface area contributed by atoms with Gasteiger partial charge < -0.3 is 0 Å². The number of hydrogen-bond donors (Lipinski definition) is 0. The molecule has 1 saturated carbocycles. The van der Waals surface area contributed by atoms with Crippen LogP contribution in [0.4, 0.5) is 0 Å². The first-order chi connectivity index (χ1) is 6.70. The summed E-state index contributed by atoms with van der Waals surface area (Å²) >= 11 is 0. The van der Waals surface area contributed by atoms with Gasteiger partial charge in [-0.05, 0) is 68.7 Å². The van der Waals surface area contributed by atoms with Crippen molar-refractivity contribution in [3.05, 3.63) is 33.9 Å². The summed E-state index contributed by atoms with van der Waals surface area (Å²) in [6.45, 7) is 6.76. The summed E-state index contributed by atoms with van der Waals surface area (Å²) < 4.78 is 0. The van der Waals surface area contributed by atoms with E-state index in [1.165, 1.54) is 48.8 Å². The molecule has 0 bridgehead atoms. The number of hydrogen-bond acceptors (Lipinski definition) is 0. The van der Waals surface area contributed by atoms with Crippen LogP contribution in [0.1, 0.15) is 52.9 Å². The monoisotopic (exact) mass is 188 g/mol. The summed E-state index contributed by atoms with van der Waals surface area (Å²) in [7, 11) is 0. The number of allylic oxidation sites excluding steroid dienone is 6. The van der Waals surface area contributed by atoms with Crippen LogP contribution in [-0.2, 0) is 0 Å². The lowest BCUT2D eigenvalue weighted by atomic mass is 9.89. The van der Waals surface area contributed by atoms with Gasteiger partial charge in [-0.1, -0.05) is 18.1 Å². The molecule has 0 atom stereocenters. The van der Waals surface area contributed by atoms with Gasteiger partial charge >= 0.3 is 0 Å². The molecule has 2 aliphatic carbocycles. The lowest BCUT2D eigenvalue weighted by Gasteiger charge is -2.16. The number of rotatable bonds is 0. The van der Waals surface area contributed by atoms with E-state index in [1.807, 2.05) is 0 Å². The Balaban J connectivity index is 2.35. The third kappa shape index (κ3) is 1.58. The van der Waals surface area contributed by atoms with E-state index in [2.05, 4.69) is 26.8 Å². The predicted molar refractivity (Wildman–Crippen MR) is 62.2 cm³/mol. The van der Waals surface area contributed by atoms with Gasteiger partial charge in [-0.3, -0.25) is 0 Å². The van der Waals surface area contributed by atoms with Gasteiger partial charge in [0, 0.05) is 0 Å². The Hall–Kier alpha value is -0.780. The van der Waals surface area contributed by atoms with Crippen molar-refractivity contribution in [1.82, 2.24) is 0 Å². The predicted octanol–water partition coefficient (Wildman–Crippen LogP) is 4.54. The van der Waals surface area contributed by atoms with E-state index in [9.17, 15) is 0 Å². The largest absolute Gasteiger partial charge is 0.0627 e. The molecule has 2 aliphatic rings. The Labute approximate surface area is 87.4 Å². The van der Waals surface area contributed by atoms with Crippen LogP contribution < -0.4 is 0 Å². The molecule has 0 heterocycles. The SMILES string of the molecule is CC1=CC(=C2CCCCC2)C(C)=C1C. The molecule has 76 valence electrons. The zero-order chi connectivity index (χ0) is 10.1. The molecular weight excluding hydrogens is 168 g/mol. The molecular formula is C14H20. The molecule has 0 aromatic carbocycles. The fourth-order valence-corrected chi connectivity index (χ4v) is 2.55. The van der Waals surface area contributed by atoms with Gasteiger partial charge in [-0.2, -0.15) is 0 Å². The molecule has 0 radical (unpaired) electrons. The average molecular weight is 188 g/mol. The molecule has 0 nitrogen and oxygen atoms in total. The Kier molecular flexibility index (Phi) is 2.62. The van der Waals surface area contributed by atoms with Gasteiger partial charge in [-0.25, -0.2) is 0 Å². The summed E-state index contributed by atoms with van der Waals surface area (Å²) in [5.41, 5.74) is 7.78. The minimum absolute atomic E-state index is 1.34. The molecule has 0 aromatic rings. The molecule has 0 heteroatoms. The zero-order valence-corrected chi connectivity index (χ0v) is 9.61. The summed E-state index contributed by atoms with van der Waals surface area (Å²) in [4.78, 5) is 0. The van der Waals surface area contributed by atoms with Crippen molar-refractivity contribution in [2.24, 2.45) is 0 Å². The van der Waals surface area contributed by atoms with Crippen molar-refractivity contribution < 1.29 is 0 Å². The van der Waals surface area contributed by atoms with Gasteiger partial charge in [0.15, 0.2) is 0 Å². The summed E-state index contributed by atoms with van der Waals surface area (Å²) in [6, 6.07) is 0. The molecule has 0 spiro atoms. The Bertz CT molecular complexity index is 329. The molecule has 0 amide bonds. The summed E-state index contributed by atoms with van der Waals surface area (Å²) in [5.74, 6) is 0. The van der Waals surface area contributed by atoms with Crippen molar-refractivity contribution in [1.29, 1.82) is 0 Å². The van der Waals surface area contributed by atoms with E-state index in [0.717, 1.165) is 0 Å². The molecule has 0 saturated heterocycles. The lowest BCUT2D eigenvalue weighted by Crippen LogP contribution is -1.97. The second-order valence-corrected chi connectivity index (χ2v) is 4.66. The average Bonchev–Trinajstić information content (AvgIpc) is 2.47. The van der Waals surface area contributed by atoms with Crippen molar-refractivity contribution in [3.63, 3.8) is 0 Å². The fourth-order valence-electron chi connectivity index (χ4n) is 2.55. The quantitative estimate of drug-likeness (QED) is 0.523. The molecule has 14 heavy (non-hydrogen) atoms. The van der Waals surface area contributed by atoms with E-state index in [1.54, 1.807) is 11.1 Å². The third-order valence-electron chi connectivity index (χ3n) is 3.76. The van der Waals surface area contributed by atoms with Crippen LogP contribution in [0.15, 0.2) is 33.9 Å². The van der Waals surface area contributed by atoms with E-state index in [0.29, 0.717) is 0 Å². The highest BCUT2D eigenvalue weighted by Gasteiger charge is 2.17. The molecule has 0 aliphatic heterocycles. The second kappa shape index (κ2) is 3.76. The van der Waals surface area contributed by atoms with Crippen LogP contribution in [0.2, 0.25) is 0 Å². The highest BCUT2D eigenvalue weighted by molar-refractivity contribution is 5.58. The zero-order valence-electron chi connectivity index (χ0n) is 9.61. The van der Waals surface area contributed by atoms with Crippen LogP contribution in [0.5, 0.6) is 0 Å². The first kappa shape index (κ1) is 9.76. The smallest absolute Gasteiger partial charge is 0.0230 e. The van der Waals surface area contributed by atoms with Gasteiger partial charge in [0.05, 0.1) is 0 Å². The minimum Gasteiger partial charge on any atom is -0.0627 e. The van der Waals surface area contributed by atoms with Crippen LogP contribution in [0, 0.1) is 0 Å². The fraction of sp³-hybridized carbons (Fsp3) is 0.571. The Morgan fingerprint density at radius 1 is 0.857 bits per heavy atom. The van der Waals surface area contributed by atoms with Gasteiger partial charge in [0.1, 0.15) is 0 Å². The van der Waals surface area contributed by atoms with Crippen LogP contribution >= 0.6 is 0 Å². The van der Waals surface area contributed by atoms with Crippen LogP contribution in [0.3, 0.4) is 0 Å². The minimum atomic E-state index is 1.34. The first-order valence-electron chi connectivity index (χ1n) is 5.78. The van der Waals surface area contributed by atoms with E-state index < -0.39 is 0 Å². The summed E-state index contributed by atoms with van der Waals surface area (Å²) in [6.07, 6.45) is 9.30. The van der Waals surface area contributed by atoms with Crippen molar-refractivity contribution in [2.45, 2.75) is 52.9 Å². The Morgan fingerprint density at radius 3 is 2.00 bits per heavy atom. The van der Waals surface area contributed by atoms with Gasteiger partial charge in [0.25, 0.3) is 0 Å². The maximum Gasteiger partial charge on any atom is -0.0230 e. The highest BCUT2D eigenvalue weighted by Crippen LogP contribution is 2.36. The summed E-state index contributed by atoms with van der Waals surface area (Å²) in [5, 5.41) is 0. The van der Waals surface area contributed by atoms with Crippen LogP contribution in [0.25, 0.3) is 0 Å². The van der Waals surface area contributed by atoms with Crippen molar-refractivity contribution in [2.75, 3.05) is 0 Å².